The lowest BCUT2D eigenvalue weighted by Crippen LogP contribution is -2.39. The topological polar surface area (TPSA) is 124 Å². The van der Waals surface area contributed by atoms with Crippen molar-refractivity contribution in [2.24, 2.45) is 5.73 Å². The van der Waals surface area contributed by atoms with Gasteiger partial charge in [0, 0.05) is 18.5 Å². The quantitative estimate of drug-likeness (QED) is 0.714. The van der Waals surface area contributed by atoms with Crippen LogP contribution in [0.4, 0.5) is 5.69 Å². The van der Waals surface area contributed by atoms with Gasteiger partial charge in [-0.2, -0.15) is 0 Å². The molecule has 8 nitrogen and oxygen atoms in total. The van der Waals surface area contributed by atoms with Crippen molar-refractivity contribution in [3.8, 4) is 0 Å². The first-order chi connectivity index (χ1) is 11.6. The molecular weight excluding hydrogens is 314 g/mol. The minimum atomic E-state index is -0.901. The number of para-hydroxylation sites is 1. The summed E-state index contributed by atoms with van der Waals surface area (Å²) in [5.41, 5.74) is 5.75. The zero-order chi connectivity index (χ0) is 17.1. The number of hydrogen-bond acceptors (Lipinski definition) is 5. The van der Waals surface area contributed by atoms with Crippen molar-refractivity contribution in [3.63, 3.8) is 0 Å². The number of benzene rings is 1. The lowest BCUT2D eigenvalue weighted by atomic mass is 10.2. The van der Waals surface area contributed by atoms with Crippen LogP contribution >= 0.6 is 0 Å². The van der Waals surface area contributed by atoms with E-state index < -0.39 is 17.7 Å². The summed E-state index contributed by atoms with van der Waals surface area (Å²) in [6.45, 7) is 0.927. The standard InChI is InChI=1S/C16H17N3O5/c17-14(20)13-12(10-5-1-2-6-11(10)24-13)19-16(22)15(21)18-8-9-4-3-7-23-9/h1-2,5-6,9H,3-4,7-8H2,(H2,17,20)(H,18,21)(H,19,22)/t9-/m1/s1. The average molecular weight is 331 g/mol. The Morgan fingerprint density at radius 2 is 2.00 bits per heavy atom. The SMILES string of the molecule is NC(=O)c1oc2ccccc2c1NC(=O)C(=O)NC[C@H]1CCCO1. The fourth-order valence-electron chi connectivity index (χ4n) is 2.61. The number of primary amides is 1. The highest BCUT2D eigenvalue weighted by molar-refractivity contribution is 6.40. The number of anilines is 1. The number of ether oxygens (including phenoxy) is 1. The van der Waals surface area contributed by atoms with E-state index in [1.54, 1.807) is 24.3 Å². The van der Waals surface area contributed by atoms with Gasteiger partial charge >= 0.3 is 11.8 Å². The van der Waals surface area contributed by atoms with E-state index in [-0.39, 0.29) is 24.1 Å². The largest absolute Gasteiger partial charge is 0.449 e. The first kappa shape index (κ1) is 16.0. The third-order valence-electron chi connectivity index (χ3n) is 3.78. The molecule has 0 spiro atoms. The van der Waals surface area contributed by atoms with E-state index in [1.807, 2.05) is 0 Å². The van der Waals surface area contributed by atoms with Crippen LogP contribution in [0.15, 0.2) is 28.7 Å². The summed E-state index contributed by atoms with van der Waals surface area (Å²) < 4.78 is 10.7. The van der Waals surface area contributed by atoms with E-state index in [9.17, 15) is 14.4 Å². The molecule has 3 rings (SSSR count). The van der Waals surface area contributed by atoms with Crippen molar-refractivity contribution in [3.05, 3.63) is 30.0 Å². The number of carbonyl (C=O) groups excluding carboxylic acids is 3. The Morgan fingerprint density at radius 3 is 2.71 bits per heavy atom. The Bertz CT molecular complexity index is 792. The van der Waals surface area contributed by atoms with Crippen LogP contribution in [0.2, 0.25) is 0 Å². The third kappa shape index (κ3) is 3.23. The summed E-state index contributed by atoms with van der Waals surface area (Å²) in [5.74, 6) is -2.74. The van der Waals surface area contributed by atoms with Gasteiger partial charge in [-0.05, 0) is 25.0 Å². The Hall–Kier alpha value is -2.87. The molecule has 1 aromatic carbocycles. The van der Waals surface area contributed by atoms with Crippen molar-refractivity contribution in [1.29, 1.82) is 0 Å². The highest BCUT2D eigenvalue weighted by Crippen LogP contribution is 2.30. The first-order valence-corrected chi connectivity index (χ1v) is 7.58. The number of hydrogen-bond donors (Lipinski definition) is 3. The van der Waals surface area contributed by atoms with Gasteiger partial charge in [0.05, 0.1) is 6.10 Å². The van der Waals surface area contributed by atoms with Gasteiger partial charge in [0.2, 0.25) is 5.76 Å². The number of amides is 3. The molecule has 1 fully saturated rings. The first-order valence-electron chi connectivity index (χ1n) is 7.58. The van der Waals surface area contributed by atoms with E-state index in [0.29, 0.717) is 17.6 Å². The predicted molar refractivity (Wildman–Crippen MR) is 85.3 cm³/mol. The van der Waals surface area contributed by atoms with Crippen LogP contribution in [-0.2, 0) is 14.3 Å². The molecule has 2 aromatic rings. The van der Waals surface area contributed by atoms with Crippen molar-refractivity contribution in [1.82, 2.24) is 5.32 Å². The average Bonchev–Trinajstić information content (AvgIpc) is 3.20. The number of nitrogens with two attached hydrogens (primary N) is 1. The molecule has 8 heteroatoms. The molecule has 3 amide bonds. The molecule has 1 aliphatic heterocycles. The Kier molecular flexibility index (Phi) is 4.48. The van der Waals surface area contributed by atoms with Gasteiger partial charge in [-0.1, -0.05) is 12.1 Å². The zero-order valence-corrected chi connectivity index (χ0v) is 12.8. The fourth-order valence-corrected chi connectivity index (χ4v) is 2.61. The number of nitrogens with one attached hydrogen (secondary N) is 2. The Morgan fingerprint density at radius 1 is 1.21 bits per heavy atom. The van der Waals surface area contributed by atoms with E-state index in [1.165, 1.54) is 0 Å². The zero-order valence-electron chi connectivity index (χ0n) is 12.8. The maximum atomic E-state index is 12.1. The molecule has 126 valence electrons. The summed E-state index contributed by atoms with van der Waals surface area (Å²) in [4.78, 5) is 35.5. The highest BCUT2D eigenvalue weighted by Gasteiger charge is 2.24. The third-order valence-corrected chi connectivity index (χ3v) is 3.78. The predicted octanol–water partition coefficient (Wildman–Crippen LogP) is 0.765. The van der Waals surface area contributed by atoms with Gasteiger partial charge < -0.3 is 25.5 Å². The number of furan rings is 1. The van der Waals surface area contributed by atoms with Crippen LogP contribution in [0, 0.1) is 0 Å². The molecule has 0 bridgehead atoms. The van der Waals surface area contributed by atoms with Gasteiger partial charge in [-0.3, -0.25) is 14.4 Å². The van der Waals surface area contributed by atoms with Gasteiger partial charge in [0.15, 0.2) is 0 Å². The second-order valence-electron chi connectivity index (χ2n) is 5.47. The second-order valence-corrected chi connectivity index (χ2v) is 5.47. The molecule has 0 radical (unpaired) electrons. The van der Waals surface area contributed by atoms with Crippen LogP contribution in [0.1, 0.15) is 23.4 Å². The molecule has 0 saturated carbocycles. The second kappa shape index (κ2) is 6.71. The van der Waals surface area contributed by atoms with Crippen molar-refractivity contribution in [2.45, 2.75) is 18.9 Å². The summed E-state index contributed by atoms with van der Waals surface area (Å²) in [6, 6.07) is 6.73. The normalized spacial score (nSPS) is 16.9. The van der Waals surface area contributed by atoms with E-state index in [0.717, 1.165) is 12.8 Å². The van der Waals surface area contributed by atoms with Gasteiger partial charge in [-0.15, -0.1) is 0 Å². The molecular formula is C16H17N3O5. The van der Waals surface area contributed by atoms with Gasteiger partial charge in [0.25, 0.3) is 5.91 Å². The number of fused-ring (bicyclic) bond motifs is 1. The lowest BCUT2D eigenvalue weighted by molar-refractivity contribution is -0.136. The van der Waals surface area contributed by atoms with Gasteiger partial charge in [0.1, 0.15) is 11.3 Å². The van der Waals surface area contributed by atoms with Crippen molar-refractivity contribution in [2.75, 3.05) is 18.5 Å². The van der Waals surface area contributed by atoms with Crippen molar-refractivity contribution >= 4 is 34.4 Å². The molecule has 1 saturated heterocycles. The maximum absolute atomic E-state index is 12.1. The number of carbonyl (C=O) groups is 3. The molecule has 1 aromatic heterocycles. The summed E-state index contributed by atoms with van der Waals surface area (Å²) in [6.07, 6.45) is 1.72. The van der Waals surface area contributed by atoms with Crippen molar-refractivity contribution < 1.29 is 23.5 Å². The van der Waals surface area contributed by atoms with Gasteiger partial charge in [-0.25, -0.2) is 0 Å². The monoisotopic (exact) mass is 331 g/mol. The van der Waals surface area contributed by atoms with E-state index in [2.05, 4.69) is 10.6 Å². The van der Waals surface area contributed by atoms with E-state index >= 15 is 0 Å². The van der Waals surface area contributed by atoms with Crippen LogP contribution in [0.25, 0.3) is 11.0 Å². The molecule has 0 aliphatic carbocycles. The van der Waals surface area contributed by atoms with Crippen LogP contribution < -0.4 is 16.4 Å². The highest BCUT2D eigenvalue weighted by atomic mass is 16.5. The molecule has 4 N–H and O–H groups in total. The minimum Gasteiger partial charge on any atom is -0.449 e. The van der Waals surface area contributed by atoms with Crippen LogP contribution in [0.3, 0.4) is 0 Å². The van der Waals surface area contributed by atoms with Crippen LogP contribution in [-0.4, -0.2) is 37.0 Å². The maximum Gasteiger partial charge on any atom is 0.313 e. The number of rotatable bonds is 4. The van der Waals surface area contributed by atoms with E-state index in [4.69, 9.17) is 14.9 Å². The molecule has 1 atom stereocenters. The molecule has 1 aliphatic rings. The fraction of sp³-hybridized carbons (Fsp3) is 0.312. The molecule has 0 unspecified atom stereocenters. The molecule has 2 heterocycles. The Balaban J connectivity index is 1.73. The summed E-state index contributed by atoms with van der Waals surface area (Å²) in [7, 11) is 0. The molecule has 24 heavy (non-hydrogen) atoms. The smallest absolute Gasteiger partial charge is 0.313 e. The summed E-state index contributed by atoms with van der Waals surface area (Å²) >= 11 is 0. The summed E-state index contributed by atoms with van der Waals surface area (Å²) in [5, 5.41) is 5.41. The van der Waals surface area contributed by atoms with Crippen LogP contribution in [0.5, 0.6) is 0 Å². The Labute approximate surface area is 137 Å². The minimum absolute atomic E-state index is 0.0716. The lowest BCUT2D eigenvalue weighted by Gasteiger charge is -2.10.